The second-order valence-corrected chi connectivity index (χ2v) is 5.16. The summed E-state index contributed by atoms with van der Waals surface area (Å²) in [5, 5.41) is 3.50. The molecule has 0 radical (unpaired) electrons. The van der Waals surface area contributed by atoms with Crippen molar-refractivity contribution in [1.82, 2.24) is 24.6 Å². The van der Waals surface area contributed by atoms with Gasteiger partial charge in [0.2, 0.25) is 0 Å². The van der Waals surface area contributed by atoms with Crippen molar-refractivity contribution in [2.24, 2.45) is 0 Å². The molecule has 3 rings (SSSR count). The molecule has 0 aliphatic rings. The second kappa shape index (κ2) is 4.28. The average molecular weight is 276 g/mol. The lowest BCUT2D eigenvalue weighted by atomic mass is 10.5. The molecule has 0 bridgehead atoms. The quantitative estimate of drug-likeness (QED) is 0.739. The summed E-state index contributed by atoms with van der Waals surface area (Å²) in [7, 11) is -3.87. The van der Waals surface area contributed by atoms with E-state index in [-0.39, 0.29) is 16.8 Å². The van der Waals surface area contributed by atoms with Gasteiger partial charge in [-0.15, -0.1) is 5.10 Å². The minimum atomic E-state index is -3.87. The van der Waals surface area contributed by atoms with E-state index in [0.29, 0.717) is 0 Å². The van der Waals surface area contributed by atoms with Crippen molar-refractivity contribution in [2.45, 2.75) is 5.16 Å². The minimum Gasteiger partial charge on any atom is -0.261 e. The van der Waals surface area contributed by atoms with Crippen molar-refractivity contribution in [3.05, 3.63) is 42.9 Å². The zero-order valence-corrected chi connectivity index (χ0v) is 10.3. The minimum absolute atomic E-state index is 0.203. The van der Waals surface area contributed by atoms with Gasteiger partial charge in [-0.1, -0.05) is 6.07 Å². The van der Waals surface area contributed by atoms with Gasteiger partial charge in [0, 0.05) is 18.6 Å². The Morgan fingerprint density at radius 1 is 1.11 bits per heavy atom. The Morgan fingerprint density at radius 2 is 1.95 bits per heavy atom. The number of rotatable bonds is 3. The van der Waals surface area contributed by atoms with E-state index in [1.807, 2.05) is 0 Å². The molecule has 0 spiro atoms. The average Bonchev–Trinajstić information content (AvgIpc) is 2.84. The monoisotopic (exact) mass is 276 g/mol. The molecule has 0 aliphatic carbocycles. The molecule has 0 aromatic carbocycles. The Morgan fingerprint density at radius 3 is 2.68 bits per heavy atom. The van der Waals surface area contributed by atoms with Crippen LogP contribution in [0.25, 0.3) is 5.78 Å². The van der Waals surface area contributed by atoms with Gasteiger partial charge in [-0.3, -0.25) is 4.72 Å². The maximum atomic E-state index is 12.1. The standard InChI is InChI=1S/C10H8N6O2S/c17-19(18,15-8-4-1-2-5-11-8)10-13-9-12-6-3-7-16(9)14-10/h1-7H,(H,11,15). The number of sulfonamides is 1. The molecular formula is C10H8N6O2S. The van der Waals surface area contributed by atoms with E-state index in [2.05, 4.69) is 24.8 Å². The molecule has 9 heteroatoms. The third-order valence-corrected chi connectivity index (χ3v) is 3.37. The normalized spacial score (nSPS) is 11.6. The lowest BCUT2D eigenvalue weighted by Gasteiger charge is -2.02. The fraction of sp³-hybridized carbons (Fsp3) is 0. The van der Waals surface area contributed by atoms with Crippen LogP contribution in [0.15, 0.2) is 48.0 Å². The molecular weight excluding hydrogens is 268 g/mol. The first-order valence-corrected chi connectivity index (χ1v) is 6.75. The first kappa shape index (κ1) is 11.5. The Labute approximate surface area is 108 Å². The lowest BCUT2D eigenvalue weighted by molar-refractivity contribution is 0.592. The molecule has 3 aromatic rings. The van der Waals surface area contributed by atoms with Crippen LogP contribution in [-0.2, 0) is 10.0 Å². The molecule has 0 unspecified atom stereocenters. The van der Waals surface area contributed by atoms with E-state index in [1.54, 1.807) is 24.4 Å². The second-order valence-electron chi connectivity index (χ2n) is 3.58. The summed E-state index contributed by atoms with van der Waals surface area (Å²) in [6, 6.07) is 6.52. The van der Waals surface area contributed by atoms with Gasteiger partial charge in [0.15, 0.2) is 0 Å². The number of pyridine rings is 1. The van der Waals surface area contributed by atoms with Crippen LogP contribution < -0.4 is 4.72 Å². The molecule has 0 aliphatic heterocycles. The van der Waals surface area contributed by atoms with Crippen molar-refractivity contribution in [3.8, 4) is 0 Å². The van der Waals surface area contributed by atoms with E-state index < -0.39 is 10.0 Å². The molecule has 0 saturated heterocycles. The molecule has 0 saturated carbocycles. The zero-order valence-electron chi connectivity index (χ0n) is 9.50. The molecule has 1 N–H and O–H groups in total. The van der Waals surface area contributed by atoms with Crippen molar-refractivity contribution in [2.75, 3.05) is 4.72 Å². The smallest absolute Gasteiger partial charge is 0.261 e. The third kappa shape index (κ3) is 2.22. The first-order chi connectivity index (χ1) is 9.15. The van der Waals surface area contributed by atoms with Crippen molar-refractivity contribution >= 4 is 21.6 Å². The fourth-order valence-electron chi connectivity index (χ4n) is 1.43. The molecule has 3 aromatic heterocycles. The largest absolute Gasteiger partial charge is 0.300 e. The predicted octanol–water partition coefficient (Wildman–Crippen LogP) is 0.320. The number of hydrogen-bond donors (Lipinski definition) is 1. The van der Waals surface area contributed by atoms with E-state index in [4.69, 9.17) is 0 Å². The Balaban J connectivity index is 2.00. The van der Waals surface area contributed by atoms with Gasteiger partial charge in [0.05, 0.1) is 0 Å². The van der Waals surface area contributed by atoms with Crippen LogP contribution in [0, 0.1) is 0 Å². The summed E-state index contributed by atoms with van der Waals surface area (Å²) < 4.78 is 27.7. The van der Waals surface area contributed by atoms with Crippen molar-refractivity contribution in [1.29, 1.82) is 0 Å². The number of anilines is 1. The Hall–Kier alpha value is -2.55. The van der Waals surface area contributed by atoms with Gasteiger partial charge >= 0.3 is 10.0 Å². The highest BCUT2D eigenvalue weighted by Crippen LogP contribution is 2.10. The summed E-state index contributed by atoms with van der Waals surface area (Å²) in [6.45, 7) is 0. The van der Waals surface area contributed by atoms with Gasteiger partial charge in [0.1, 0.15) is 5.82 Å². The van der Waals surface area contributed by atoms with Crippen LogP contribution in [0.3, 0.4) is 0 Å². The summed E-state index contributed by atoms with van der Waals surface area (Å²) in [5.74, 6) is 0.415. The molecule has 19 heavy (non-hydrogen) atoms. The van der Waals surface area contributed by atoms with E-state index >= 15 is 0 Å². The van der Waals surface area contributed by atoms with Crippen LogP contribution in [0.2, 0.25) is 0 Å². The summed E-state index contributed by atoms with van der Waals surface area (Å²) in [4.78, 5) is 11.6. The highest BCUT2D eigenvalue weighted by molar-refractivity contribution is 7.92. The lowest BCUT2D eigenvalue weighted by Crippen LogP contribution is -2.15. The molecule has 0 fully saturated rings. The number of fused-ring (bicyclic) bond motifs is 1. The number of nitrogens with zero attached hydrogens (tertiary/aromatic N) is 5. The van der Waals surface area contributed by atoms with Crippen LogP contribution >= 0.6 is 0 Å². The molecule has 96 valence electrons. The van der Waals surface area contributed by atoms with Gasteiger partial charge in [-0.2, -0.15) is 13.4 Å². The number of aromatic nitrogens is 5. The SMILES string of the molecule is O=S(=O)(Nc1ccccn1)c1nc2ncccn2n1. The number of nitrogens with one attached hydrogen (secondary N) is 1. The van der Waals surface area contributed by atoms with Gasteiger partial charge in [-0.25, -0.2) is 14.5 Å². The zero-order chi connectivity index (χ0) is 13.3. The van der Waals surface area contributed by atoms with Crippen molar-refractivity contribution in [3.63, 3.8) is 0 Å². The van der Waals surface area contributed by atoms with Gasteiger partial charge in [0.25, 0.3) is 10.9 Å². The highest BCUT2D eigenvalue weighted by atomic mass is 32.2. The van der Waals surface area contributed by atoms with Gasteiger partial charge < -0.3 is 0 Å². The molecule has 0 atom stereocenters. The van der Waals surface area contributed by atoms with E-state index in [0.717, 1.165) is 0 Å². The number of hydrogen-bond acceptors (Lipinski definition) is 6. The van der Waals surface area contributed by atoms with Gasteiger partial charge in [-0.05, 0) is 18.2 Å². The maximum absolute atomic E-state index is 12.1. The fourth-order valence-corrected chi connectivity index (χ4v) is 2.32. The molecule has 8 nitrogen and oxygen atoms in total. The molecule has 3 heterocycles. The topological polar surface area (TPSA) is 102 Å². The van der Waals surface area contributed by atoms with Crippen LogP contribution in [0.1, 0.15) is 0 Å². The molecule has 0 amide bonds. The summed E-state index contributed by atoms with van der Waals surface area (Å²) >= 11 is 0. The Bertz CT molecular complexity index is 781. The van der Waals surface area contributed by atoms with Crippen LogP contribution in [-0.4, -0.2) is 33.0 Å². The van der Waals surface area contributed by atoms with E-state index in [1.165, 1.54) is 23.0 Å². The Kier molecular flexibility index (Phi) is 2.60. The maximum Gasteiger partial charge on any atom is 0.300 e. The summed E-state index contributed by atoms with van der Waals surface area (Å²) in [5.41, 5.74) is 0. The van der Waals surface area contributed by atoms with E-state index in [9.17, 15) is 8.42 Å². The summed E-state index contributed by atoms with van der Waals surface area (Å²) in [6.07, 6.45) is 4.55. The third-order valence-electron chi connectivity index (χ3n) is 2.24. The highest BCUT2D eigenvalue weighted by Gasteiger charge is 2.21. The predicted molar refractivity (Wildman–Crippen MR) is 65.8 cm³/mol. The first-order valence-electron chi connectivity index (χ1n) is 5.26. The van der Waals surface area contributed by atoms with Crippen LogP contribution in [0.4, 0.5) is 5.82 Å². The van der Waals surface area contributed by atoms with Crippen molar-refractivity contribution < 1.29 is 8.42 Å². The van der Waals surface area contributed by atoms with Crippen LogP contribution in [0.5, 0.6) is 0 Å².